The number of aliphatic hydroxyl groups excluding tert-OH is 1. The number of aliphatic hydroxyl groups is 1. The lowest BCUT2D eigenvalue weighted by Crippen LogP contribution is -2.13. The predicted octanol–water partition coefficient (Wildman–Crippen LogP) is 3.74. The third kappa shape index (κ3) is 5.66. The van der Waals surface area contributed by atoms with Crippen LogP contribution in [-0.4, -0.2) is 23.4 Å². The molecule has 2 N–H and O–H groups in total. The van der Waals surface area contributed by atoms with Crippen LogP contribution in [0.3, 0.4) is 0 Å². The molecule has 0 heterocycles. The molecule has 25 heavy (non-hydrogen) atoms. The van der Waals surface area contributed by atoms with Crippen LogP contribution in [0.5, 0.6) is 0 Å². The third-order valence-corrected chi connectivity index (χ3v) is 3.38. The van der Waals surface area contributed by atoms with E-state index in [0.717, 1.165) is 12.1 Å². The molecule has 1 aromatic carbocycles. The molecule has 1 aliphatic rings. The molecule has 1 aliphatic carbocycles. The van der Waals surface area contributed by atoms with E-state index in [4.69, 9.17) is 9.84 Å². The molecule has 0 bridgehead atoms. The maximum Gasteiger partial charge on any atom is 0.416 e. The van der Waals surface area contributed by atoms with Gasteiger partial charge in [0.05, 0.1) is 18.6 Å². The van der Waals surface area contributed by atoms with Gasteiger partial charge in [-0.2, -0.15) is 13.2 Å². The van der Waals surface area contributed by atoms with Gasteiger partial charge in [-0.15, -0.1) is 0 Å². The van der Waals surface area contributed by atoms with Gasteiger partial charge >= 0.3 is 6.18 Å². The van der Waals surface area contributed by atoms with Gasteiger partial charge in [-0.3, -0.25) is 9.59 Å². The van der Waals surface area contributed by atoms with E-state index in [1.165, 1.54) is 24.3 Å². The summed E-state index contributed by atoms with van der Waals surface area (Å²) >= 11 is 0. The van der Waals surface area contributed by atoms with Crippen LogP contribution in [0.1, 0.15) is 24.8 Å². The lowest BCUT2D eigenvalue weighted by molar-refractivity contribution is -0.137. The summed E-state index contributed by atoms with van der Waals surface area (Å²) in [6.45, 7) is 0.203. The molecule has 134 valence electrons. The summed E-state index contributed by atoms with van der Waals surface area (Å²) in [5.74, 6) is -0.693. The number of allylic oxidation sites excluding steroid dienone is 4. The average Bonchev–Trinajstić information content (AvgIpc) is 2.54. The van der Waals surface area contributed by atoms with Crippen molar-refractivity contribution < 1.29 is 32.6 Å². The third-order valence-electron chi connectivity index (χ3n) is 3.38. The van der Waals surface area contributed by atoms with Crippen molar-refractivity contribution in [3.05, 3.63) is 53.5 Å². The fourth-order valence-corrected chi connectivity index (χ4v) is 2.07. The number of amides is 1. The summed E-state index contributed by atoms with van der Waals surface area (Å²) < 4.78 is 42.7. The fourth-order valence-electron chi connectivity index (χ4n) is 2.07. The smallest absolute Gasteiger partial charge is 0.416 e. The minimum Gasteiger partial charge on any atom is -0.504 e. The number of halogens is 3. The van der Waals surface area contributed by atoms with Crippen molar-refractivity contribution in [3.63, 3.8) is 0 Å². The van der Waals surface area contributed by atoms with Crippen molar-refractivity contribution in [3.8, 4) is 0 Å². The number of nitrogens with one attached hydrogen (secondary N) is 1. The lowest BCUT2D eigenvalue weighted by Gasteiger charge is -2.12. The van der Waals surface area contributed by atoms with Gasteiger partial charge in [0.15, 0.2) is 5.76 Å². The highest BCUT2D eigenvalue weighted by molar-refractivity contribution is 5.95. The molecular formula is C17H16F3NO4. The minimum absolute atomic E-state index is 0.0277. The van der Waals surface area contributed by atoms with Gasteiger partial charge in [0, 0.05) is 12.1 Å². The van der Waals surface area contributed by atoms with E-state index in [1.807, 2.05) is 0 Å². The zero-order valence-electron chi connectivity index (χ0n) is 13.1. The number of Topliss-reactive ketones (excluding diaryl/α,β-unsaturated/α-hetero) is 1. The van der Waals surface area contributed by atoms with Gasteiger partial charge in [0.2, 0.25) is 11.7 Å². The zero-order valence-corrected chi connectivity index (χ0v) is 13.1. The molecule has 0 saturated heterocycles. The Hall–Kier alpha value is -2.77. The topological polar surface area (TPSA) is 75.6 Å². The average molecular weight is 355 g/mol. The molecule has 0 aromatic heterocycles. The molecule has 5 nitrogen and oxygen atoms in total. The van der Waals surface area contributed by atoms with Crippen LogP contribution in [0.15, 0.2) is 47.9 Å². The number of carbonyl (C=O) groups excluding carboxylic acids is 2. The molecule has 0 radical (unpaired) electrons. The summed E-state index contributed by atoms with van der Waals surface area (Å²) in [5.41, 5.74) is -0.505. The Morgan fingerprint density at radius 3 is 2.48 bits per heavy atom. The number of ketones is 1. The normalized spacial score (nSPS) is 14.6. The van der Waals surface area contributed by atoms with Crippen molar-refractivity contribution in [2.24, 2.45) is 0 Å². The Kier molecular flexibility index (Phi) is 5.84. The molecule has 0 saturated carbocycles. The van der Waals surface area contributed by atoms with Crippen LogP contribution >= 0.6 is 0 Å². The maximum atomic E-state index is 12.4. The van der Waals surface area contributed by atoms with E-state index in [0.29, 0.717) is 12.2 Å². The lowest BCUT2D eigenvalue weighted by atomic mass is 10.1. The van der Waals surface area contributed by atoms with Gasteiger partial charge in [0.25, 0.3) is 0 Å². The van der Waals surface area contributed by atoms with E-state index in [1.54, 1.807) is 0 Å². The van der Waals surface area contributed by atoms with Crippen LogP contribution in [0, 0.1) is 0 Å². The number of benzene rings is 1. The van der Waals surface area contributed by atoms with E-state index in [-0.39, 0.29) is 36.8 Å². The SMILES string of the molecule is O=C(CCCOC1=CC=C(O)C(=O)C1)Nc1ccc(C(F)(F)F)cc1. The van der Waals surface area contributed by atoms with Crippen molar-refractivity contribution in [2.45, 2.75) is 25.4 Å². The zero-order chi connectivity index (χ0) is 18.4. The summed E-state index contributed by atoms with van der Waals surface area (Å²) in [5, 5.41) is 11.6. The van der Waals surface area contributed by atoms with E-state index in [2.05, 4.69) is 5.32 Å². The second kappa shape index (κ2) is 7.87. The van der Waals surface area contributed by atoms with Crippen LogP contribution in [0.2, 0.25) is 0 Å². The minimum atomic E-state index is -4.42. The Morgan fingerprint density at radius 1 is 1.20 bits per heavy atom. The highest BCUT2D eigenvalue weighted by atomic mass is 19.4. The quantitative estimate of drug-likeness (QED) is 0.763. The Balaban J connectivity index is 1.72. The van der Waals surface area contributed by atoms with E-state index < -0.39 is 17.5 Å². The fraction of sp³-hybridized carbons (Fsp3) is 0.294. The van der Waals surface area contributed by atoms with Crippen molar-refractivity contribution in [1.82, 2.24) is 0 Å². The van der Waals surface area contributed by atoms with Gasteiger partial charge < -0.3 is 15.2 Å². The Morgan fingerprint density at radius 2 is 1.88 bits per heavy atom. The molecule has 1 amide bonds. The number of ether oxygens (including phenoxy) is 1. The highest BCUT2D eigenvalue weighted by Gasteiger charge is 2.29. The summed E-state index contributed by atoms with van der Waals surface area (Å²) in [4.78, 5) is 23.0. The van der Waals surface area contributed by atoms with Gasteiger partial charge in [0.1, 0.15) is 5.76 Å². The number of anilines is 1. The molecular weight excluding hydrogens is 339 g/mol. The highest BCUT2D eigenvalue weighted by Crippen LogP contribution is 2.29. The standard InChI is InChI=1S/C17H16F3NO4/c18-17(19,20)11-3-5-12(6-4-11)21-16(24)2-1-9-25-13-7-8-14(22)15(23)10-13/h3-8,22H,1-2,9-10H2,(H,21,24). The number of hydrogen-bond acceptors (Lipinski definition) is 4. The van der Waals surface area contributed by atoms with Crippen molar-refractivity contribution in [2.75, 3.05) is 11.9 Å². The summed E-state index contributed by atoms with van der Waals surface area (Å²) in [7, 11) is 0. The monoisotopic (exact) mass is 355 g/mol. The Labute approximate surface area is 141 Å². The summed E-state index contributed by atoms with van der Waals surface area (Å²) in [6, 6.07) is 4.17. The Bertz CT molecular complexity index is 706. The summed E-state index contributed by atoms with van der Waals surface area (Å²) in [6.07, 6.45) is -1.23. The maximum absolute atomic E-state index is 12.4. The molecule has 8 heteroatoms. The predicted molar refractivity (Wildman–Crippen MR) is 83.7 cm³/mol. The first kappa shape index (κ1) is 18.6. The number of carbonyl (C=O) groups is 2. The number of hydrogen-bond donors (Lipinski definition) is 2. The van der Waals surface area contributed by atoms with Crippen LogP contribution in [0.25, 0.3) is 0 Å². The van der Waals surface area contributed by atoms with Crippen LogP contribution < -0.4 is 5.32 Å². The van der Waals surface area contributed by atoms with Crippen LogP contribution in [-0.2, 0) is 20.5 Å². The first-order valence-corrected chi connectivity index (χ1v) is 7.48. The van der Waals surface area contributed by atoms with Crippen molar-refractivity contribution in [1.29, 1.82) is 0 Å². The molecule has 0 aliphatic heterocycles. The van der Waals surface area contributed by atoms with Gasteiger partial charge in [-0.25, -0.2) is 0 Å². The second-order valence-corrected chi connectivity index (χ2v) is 5.36. The van der Waals surface area contributed by atoms with Crippen LogP contribution in [0.4, 0.5) is 18.9 Å². The second-order valence-electron chi connectivity index (χ2n) is 5.36. The molecule has 1 aromatic rings. The first-order valence-electron chi connectivity index (χ1n) is 7.48. The van der Waals surface area contributed by atoms with Gasteiger partial charge in [-0.05, 0) is 42.8 Å². The molecule has 2 rings (SSSR count). The molecule has 0 spiro atoms. The van der Waals surface area contributed by atoms with E-state index >= 15 is 0 Å². The largest absolute Gasteiger partial charge is 0.504 e. The molecule has 0 fully saturated rings. The first-order chi connectivity index (χ1) is 11.8. The molecule has 0 atom stereocenters. The number of rotatable bonds is 6. The van der Waals surface area contributed by atoms with E-state index in [9.17, 15) is 22.8 Å². The number of alkyl halides is 3. The molecule has 0 unspecified atom stereocenters. The van der Waals surface area contributed by atoms with Crippen molar-refractivity contribution >= 4 is 17.4 Å². The van der Waals surface area contributed by atoms with Gasteiger partial charge in [-0.1, -0.05) is 0 Å².